The quantitative estimate of drug-likeness (QED) is 0.441. The number of benzene rings is 2. The molecule has 8 heteroatoms. The van der Waals surface area contributed by atoms with E-state index in [4.69, 9.17) is 11.6 Å². The van der Waals surface area contributed by atoms with Crippen LogP contribution in [-0.2, 0) is 0 Å². The number of halogens is 1. The van der Waals surface area contributed by atoms with Gasteiger partial charge in [-0.15, -0.1) is 0 Å². The minimum atomic E-state index is -0.557. The summed E-state index contributed by atoms with van der Waals surface area (Å²) in [6, 6.07) is 15.3. The molecule has 1 aromatic heterocycles. The molecule has 3 N–H and O–H groups in total. The molecular weight excluding hydrogens is 416 g/mol. The number of hydrogen-bond donors (Lipinski definition) is 3. The summed E-state index contributed by atoms with van der Waals surface area (Å²) in [6.07, 6.45) is 2.51. The molecule has 0 bridgehead atoms. The Morgan fingerprint density at radius 2 is 1.94 bits per heavy atom. The number of anilines is 1. The summed E-state index contributed by atoms with van der Waals surface area (Å²) < 4.78 is 0. The molecule has 0 unspecified atom stereocenters. The fraction of sp³-hybridized carbons (Fsp3) is 0.261. The highest BCUT2D eigenvalue weighted by Crippen LogP contribution is 2.21. The molecule has 0 radical (unpaired) electrons. The van der Waals surface area contributed by atoms with Gasteiger partial charge in [0.2, 0.25) is 5.95 Å². The van der Waals surface area contributed by atoms with Crippen LogP contribution in [-0.4, -0.2) is 46.0 Å². The van der Waals surface area contributed by atoms with E-state index in [1.807, 2.05) is 6.92 Å². The monoisotopic (exact) mass is 440 g/mol. The molecule has 1 atom stereocenters. The van der Waals surface area contributed by atoms with Crippen molar-refractivity contribution in [1.29, 1.82) is 0 Å². The molecule has 0 saturated heterocycles. The fourth-order valence-corrected chi connectivity index (χ4v) is 3.36. The van der Waals surface area contributed by atoms with Crippen molar-refractivity contribution in [3.63, 3.8) is 0 Å². The SMILES string of the molecule is CCCN(CO)c1nccc(-c2ccc(C(=O)N[C@H](CO)c3cccc(Cl)c3)cc2)n1. The third-order valence-corrected chi connectivity index (χ3v) is 5.01. The molecule has 0 spiro atoms. The third-order valence-electron chi connectivity index (χ3n) is 4.77. The highest BCUT2D eigenvalue weighted by atomic mass is 35.5. The van der Waals surface area contributed by atoms with Crippen LogP contribution < -0.4 is 10.2 Å². The molecule has 3 rings (SSSR count). The zero-order valence-corrected chi connectivity index (χ0v) is 18.0. The average molecular weight is 441 g/mol. The topological polar surface area (TPSA) is 98.6 Å². The van der Waals surface area contributed by atoms with Crippen LogP contribution >= 0.6 is 11.6 Å². The summed E-state index contributed by atoms with van der Waals surface area (Å²) in [6.45, 7) is 2.27. The van der Waals surface area contributed by atoms with E-state index in [-0.39, 0.29) is 19.2 Å². The maximum atomic E-state index is 12.7. The van der Waals surface area contributed by atoms with Gasteiger partial charge in [-0.25, -0.2) is 9.97 Å². The Balaban J connectivity index is 1.74. The maximum absolute atomic E-state index is 12.7. The van der Waals surface area contributed by atoms with Crippen LogP contribution in [0.25, 0.3) is 11.3 Å². The number of carbonyl (C=O) groups excluding carboxylic acids is 1. The number of aromatic nitrogens is 2. The molecule has 0 fully saturated rings. The Labute approximate surface area is 186 Å². The minimum Gasteiger partial charge on any atom is -0.394 e. The molecule has 31 heavy (non-hydrogen) atoms. The van der Waals surface area contributed by atoms with Crippen LogP contribution in [0.15, 0.2) is 60.8 Å². The summed E-state index contributed by atoms with van der Waals surface area (Å²) in [5.74, 6) is 0.152. The van der Waals surface area contributed by atoms with Crippen LogP contribution in [0.4, 0.5) is 5.95 Å². The van der Waals surface area contributed by atoms with Gasteiger partial charge in [-0.05, 0) is 42.3 Å². The van der Waals surface area contributed by atoms with E-state index in [0.717, 1.165) is 17.5 Å². The summed E-state index contributed by atoms with van der Waals surface area (Å²) in [5.41, 5.74) is 2.71. The van der Waals surface area contributed by atoms with Crippen molar-refractivity contribution >= 4 is 23.5 Å². The number of carbonyl (C=O) groups is 1. The van der Waals surface area contributed by atoms with Gasteiger partial charge in [0.25, 0.3) is 5.91 Å². The number of nitrogens with zero attached hydrogens (tertiary/aromatic N) is 3. The number of aliphatic hydroxyl groups excluding tert-OH is 2. The lowest BCUT2D eigenvalue weighted by atomic mass is 10.1. The molecule has 2 aromatic carbocycles. The van der Waals surface area contributed by atoms with E-state index in [0.29, 0.717) is 28.8 Å². The first-order chi connectivity index (χ1) is 15.0. The molecule has 0 aliphatic carbocycles. The van der Waals surface area contributed by atoms with Crippen molar-refractivity contribution in [3.05, 3.63) is 76.9 Å². The Morgan fingerprint density at radius 3 is 2.58 bits per heavy atom. The number of nitrogens with one attached hydrogen (secondary N) is 1. The van der Waals surface area contributed by atoms with Crippen LogP contribution in [0.2, 0.25) is 5.02 Å². The average Bonchev–Trinajstić information content (AvgIpc) is 2.81. The highest BCUT2D eigenvalue weighted by Gasteiger charge is 2.16. The maximum Gasteiger partial charge on any atom is 0.251 e. The van der Waals surface area contributed by atoms with Crippen molar-refractivity contribution in [2.75, 3.05) is 24.8 Å². The van der Waals surface area contributed by atoms with Crippen molar-refractivity contribution < 1.29 is 15.0 Å². The standard InChI is InChI=1S/C23H25ClN4O3/c1-2-12-28(15-30)23-25-11-10-20(27-23)16-6-8-17(9-7-16)22(31)26-21(14-29)18-4-3-5-19(24)13-18/h3-11,13,21,29-30H,2,12,14-15H2,1H3,(H,26,31)/t21-/m1/s1. The summed E-state index contributed by atoms with van der Waals surface area (Å²) in [4.78, 5) is 23.1. The Bertz CT molecular complexity index is 1010. The summed E-state index contributed by atoms with van der Waals surface area (Å²) >= 11 is 6.01. The second kappa shape index (κ2) is 10.9. The molecular formula is C23H25ClN4O3. The van der Waals surface area contributed by atoms with E-state index >= 15 is 0 Å². The first-order valence-electron chi connectivity index (χ1n) is 10.0. The first-order valence-corrected chi connectivity index (χ1v) is 10.4. The van der Waals surface area contributed by atoms with Crippen LogP contribution in [0, 0.1) is 0 Å². The van der Waals surface area contributed by atoms with Crippen molar-refractivity contribution in [1.82, 2.24) is 15.3 Å². The van der Waals surface area contributed by atoms with Gasteiger partial charge >= 0.3 is 0 Å². The Kier molecular flexibility index (Phi) is 7.94. The lowest BCUT2D eigenvalue weighted by Crippen LogP contribution is -2.30. The van der Waals surface area contributed by atoms with Gasteiger partial charge in [-0.1, -0.05) is 42.8 Å². The van der Waals surface area contributed by atoms with Crippen molar-refractivity contribution in [2.45, 2.75) is 19.4 Å². The summed E-state index contributed by atoms with van der Waals surface area (Å²) in [7, 11) is 0. The number of amides is 1. The lowest BCUT2D eigenvalue weighted by Gasteiger charge is -2.19. The molecule has 3 aromatic rings. The molecule has 0 aliphatic rings. The fourth-order valence-electron chi connectivity index (χ4n) is 3.16. The molecule has 1 heterocycles. The first kappa shape index (κ1) is 22.7. The van der Waals surface area contributed by atoms with Crippen molar-refractivity contribution in [2.24, 2.45) is 0 Å². The summed E-state index contributed by atoms with van der Waals surface area (Å²) in [5, 5.41) is 22.6. The zero-order chi connectivity index (χ0) is 22.2. The second-order valence-corrected chi connectivity index (χ2v) is 7.42. The van der Waals surface area contributed by atoms with Gasteiger partial charge in [-0.3, -0.25) is 4.79 Å². The second-order valence-electron chi connectivity index (χ2n) is 6.99. The molecule has 1 amide bonds. The minimum absolute atomic E-state index is 0.158. The normalized spacial score (nSPS) is 11.7. The molecule has 0 aliphatic heterocycles. The Hall–Kier alpha value is -3.00. The lowest BCUT2D eigenvalue weighted by molar-refractivity contribution is 0.0916. The van der Waals surface area contributed by atoms with Crippen LogP contribution in [0.1, 0.15) is 35.3 Å². The highest BCUT2D eigenvalue weighted by molar-refractivity contribution is 6.30. The van der Waals surface area contributed by atoms with E-state index < -0.39 is 6.04 Å². The third kappa shape index (κ3) is 5.79. The van der Waals surface area contributed by atoms with E-state index in [2.05, 4.69) is 15.3 Å². The van der Waals surface area contributed by atoms with Gasteiger partial charge < -0.3 is 20.4 Å². The van der Waals surface area contributed by atoms with Gasteiger partial charge in [0, 0.05) is 28.9 Å². The number of rotatable bonds is 9. The van der Waals surface area contributed by atoms with Gasteiger partial charge in [0.15, 0.2) is 0 Å². The molecule has 7 nitrogen and oxygen atoms in total. The van der Waals surface area contributed by atoms with E-state index in [9.17, 15) is 15.0 Å². The van der Waals surface area contributed by atoms with Gasteiger partial charge in [0.1, 0.15) is 6.73 Å². The Morgan fingerprint density at radius 1 is 1.16 bits per heavy atom. The van der Waals surface area contributed by atoms with Gasteiger partial charge in [0.05, 0.1) is 18.3 Å². The zero-order valence-electron chi connectivity index (χ0n) is 17.2. The van der Waals surface area contributed by atoms with Crippen molar-refractivity contribution in [3.8, 4) is 11.3 Å². The molecule has 162 valence electrons. The number of hydrogen-bond acceptors (Lipinski definition) is 6. The predicted octanol–water partition coefficient (Wildman–Crippen LogP) is 3.43. The van der Waals surface area contributed by atoms with Crippen LogP contribution in [0.5, 0.6) is 0 Å². The number of aliphatic hydroxyl groups is 2. The molecule has 0 saturated carbocycles. The predicted molar refractivity (Wildman–Crippen MR) is 121 cm³/mol. The van der Waals surface area contributed by atoms with Crippen LogP contribution in [0.3, 0.4) is 0 Å². The smallest absolute Gasteiger partial charge is 0.251 e. The van der Waals surface area contributed by atoms with Gasteiger partial charge in [-0.2, -0.15) is 0 Å². The van der Waals surface area contributed by atoms with E-state index in [1.165, 1.54) is 0 Å². The largest absolute Gasteiger partial charge is 0.394 e. The van der Waals surface area contributed by atoms with E-state index in [1.54, 1.807) is 65.7 Å².